The van der Waals surface area contributed by atoms with Crippen molar-refractivity contribution in [3.63, 3.8) is 0 Å². The number of amides is 1. The lowest BCUT2D eigenvalue weighted by molar-refractivity contribution is -0.139. The summed E-state index contributed by atoms with van der Waals surface area (Å²) in [6.45, 7) is 4.22. The molecule has 23 heavy (non-hydrogen) atoms. The standard InChI is InChI=1S/C16H19ClN2O3S/c1-3-22-16(21)11-23-10-15(20)19(8-4-7-18)13-5-6-14(17)12(2)9-13/h5-6,9H,3-4,8,10-11H2,1-2H3. The van der Waals surface area contributed by atoms with Crippen LogP contribution in [0.5, 0.6) is 0 Å². The zero-order valence-electron chi connectivity index (χ0n) is 13.2. The Morgan fingerprint density at radius 3 is 2.74 bits per heavy atom. The third kappa shape index (κ3) is 6.51. The molecule has 1 rings (SSSR count). The minimum Gasteiger partial charge on any atom is -0.465 e. The van der Waals surface area contributed by atoms with Crippen LogP contribution >= 0.6 is 23.4 Å². The van der Waals surface area contributed by atoms with Gasteiger partial charge in [0.05, 0.1) is 30.6 Å². The molecule has 0 unspecified atom stereocenters. The molecule has 0 saturated heterocycles. The quantitative estimate of drug-likeness (QED) is 0.670. The van der Waals surface area contributed by atoms with Crippen molar-refractivity contribution in [2.75, 3.05) is 29.6 Å². The summed E-state index contributed by atoms with van der Waals surface area (Å²) in [5.74, 6) is -0.218. The molecule has 0 radical (unpaired) electrons. The Kier molecular flexibility index (Phi) is 8.52. The van der Waals surface area contributed by atoms with E-state index in [-0.39, 0.29) is 29.8 Å². The van der Waals surface area contributed by atoms with Crippen LogP contribution in [0.3, 0.4) is 0 Å². The molecule has 0 aromatic heterocycles. The van der Waals surface area contributed by atoms with Crippen molar-refractivity contribution >= 4 is 40.9 Å². The normalized spacial score (nSPS) is 10.0. The molecule has 1 aromatic carbocycles. The van der Waals surface area contributed by atoms with E-state index in [1.54, 1.807) is 24.0 Å². The van der Waals surface area contributed by atoms with Crippen molar-refractivity contribution in [1.82, 2.24) is 0 Å². The third-order valence-corrected chi connectivity index (χ3v) is 4.27. The van der Waals surface area contributed by atoms with Gasteiger partial charge in [-0.2, -0.15) is 5.26 Å². The van der Waals surface area contributed by atoms with E-state index in [1.165, 1.54) is 11.8 Å². The highest BCUT2D eigenvalue weighted by molar-refractivity contribution is 8.00. The number of benzene rings is 1. The summed E-state index contributed by atoms with van der Waals surface area (Å²) >= 11 is 7.20. The number of anilines is 1. The molecule has 5 nitrogen and oxygen atoms in total. The third-order valence-electron chi connectivity index (χ3n) is 2.95. The Bertz CT molecular complexity index is 601. The average Bonchev–Trinajstić information content (AvgIpc) is 2.51. The maximum atomic E-state index is 12.4. The SMILES string of the molecule is CCOC(=O)CSCC(=O)N(CCC#N)c1ccc(Cl)c(C)c1. The number of hydrogen-bond acceptors (Lipinski definition) is 5. The van der Waals surface area contributed by atoms with Gasteiger partial charge in [0, 0.05) is 17.3 Å². The molecule has 0 aliphatic heterocycles. The summed E-state index contributed by atoms with van der Waals surface area (Å²) in [5, 5.41) is 9.40. The minimum atomic E-state index is -0.337. The fourth-order valence-electron chi connectivity index (χ4n) is 1.86. The Morgan fingerprint density at radius 2 is 2.13 bits per heavy atom. The number of thioether (sulfide) groups is 1. The number of nitrogens with zero attached hydrogens (tertiary/aromatic N) is 2. The van der Waals surface area contributed by atoms with Crippen LogP contribution in [-0.2, 0) is 14.3 Å². The van der Waals surface area contributed by atoms with Crippen molar-refractivity contribution in [3.05, 3.63) is 28.8 Å². The molecule has 0 bridgehead atoms. The number of halogens is 1. The number of carbonyl (C=O) groups is 2. The first-order valence-corrected chi connectivity index (χ1v) is 8.69. The Balaban J connectivity index is 2.73. The first kappa shape index (κ1) is 19.3. The van der Waals surface area contributed by atoms with Crippen LogP contribution in [0.4, 0.5) is 5.69 Å². The van der Waals surface area contributed by atoms with Gasteiger partial charge in [-0.25, -0.2) is 0 Å². The van der Waals surface area contributed by atoms with Crippen LogP contribution in [-0.4, -0.2) is 36.5 Å². The van der Waals surface area contributed by atoms with Crippen molar-refractivity contribution in [1.29, 1.82) is 5.26 Å². The Hall–Kier alpha value is -1.71. The zero-order valence-corrected chi connectivity index (χ0v) is 14.7. The predicted octanol–water partition coefficient (Wildman–Crippen LogP) is 3.19. The number of ether oxygens (including phenoxy) is 1. The summed E-state index contributed by atoms with van der Waals surface area (Å²) in [4.78, 5) is 25.2. The maximum Gasteiger partial charge on any atom is 0.315 e. The fraction of sp³-hybridized carbons (Fsp3) is 0.438. The number of esters is 1. The molecule has 0 atom stereocenters. The number of rotatable bonds is 8. The highest BCUT2D eigenvalue weighted by Gasteiger charge is 2.17. The van der Waals surface area contributed by atoms with Gasteiger partial charge in [0.15, 0.2) is 0 Å². The first-order valence-electron chi connectivity index (χ1n) is 7.16. The summed E-state index contributed by atoms with van der Waals surface area (Å²) in [6.07, 6.45) is 0.232. The van der Waals surface area contributed by atoms with Gasteiger partial charge in [0.1, 0.15) is 0 Å². The second kappa shape index (κ2) is 10.1. The van der Waals surface area contributed by atoms with Gasteiger partial charge in [0.2, 0.25) is 5.91 Å². The molecule has 0 saturated carbocycles. The summed E-state index contributed by atoms with van der Waals surface area (Å²) < 4.78 is 4.82. The highest BCUT2D eigenvalue weighted by atomic mass is 35.5. The zero-order chi connectivity index (χ0) is 17.2. The predicted molar refractivity (Wildman–Crippen MR) is 92.7 cm³/mol. The van der Waals surface area contributed by atoms with Gasteiger partial charge in [-0.15, -0.1) is 11.8 Å². The largest absolute Gasteiger partial charge is 0.465 e. The van der Waals surface area contributed by atoms with Crippen molar-refractivity contribution < 1.29 is 14.3 Å². The van der Waals surface area contributed by atoms with E-state index in [4.69, 9.17) is 21.6 Å². The van der Waals surface area contributed by atoms with Gasteiger partial charge in [-0.1, -0.05) is 11.6 Å². The smallest absolute Gasteiger partial charge is 0.315 e. The molecule has 0 spiro atoms. The maximum absolute atomic E-state index is 12.4. The van der Waals surface area contributed by atoms with Crippen LogP contribution in [0, 0.1) is 18.3 Å². The van der Waals surface area contributed by atoms with Gasteiger partial charge < -0.3 is 9.64 Å². The molecule has 0 N–H and O–H groups in total. The Morgan fingerprint density at radius 1 is 1.39 bits per heavy atom. The van der Waals surface area contributed by atoms with Crippen molar-refractivity contribution in [2.24, 2.45) is 0 Å². The average molecular weight is 355 g/mol. The van der Waals surface area contributed by atoms with E-state index in [2.05, 4.69) is 0 Å². The van der Waals surface area contributed by atoms with Gasteiger partial charge in [0.25, 0.3) is 0 Å². The van der Waals surface area contributed by atoms with E-state index in [0.717, 1.165) is 5.56 Å². The lowest BCUT2D eigenvalue weighted by Crippen LogP contribution is -2.33. The molecule has 124 valence electrons. The van der Waals surface area contributed by atoms with E-state index in [0.29, 0.717) is 23.9 Å². The van der Waals surface area contributed by atoms with Gasteiger partial charge >= 0.3 is 5.97 Å². The van der Waals surface area contributed by atoms with Crippen LogP contribution in [0.15, 0.2) is 18.2 Å². The number of hydrogen-bond donors (Lipinski definition) is 0. The molecule has 0 heterocycles. The fourth-order valence-corrected chi connectivity index (χ4v) is 2.66. The molecular weight excluding hydrogens is 336 g/mol. The van der Waals surface area contributed by atoms with Crippen LogP contribution in [0.2, 0.25) is 5.02 Å². The van der Waals surface area contributed by atoms with Crippen LogP contribution in [0.1, 0.15) is 18.9 Å². The second-order valence-electron chi connectivity index (χ2n) is 4.68. The van der Waals surface area contributed by atoms with Crippen molar-refractivity contribution in [2.45, 2.75) is 20.3 Å². The lowest BCUT2D eigenvalue weighted by atomic mass is 10.2. The number of aryl methyl sites for hydroxylation is 1. The van der Waals surface area contributed by atoms with E-state index in [1.807, 2.05) is 19.1 Å². The second-order valence-corrected chi connectivity index (χ2v) is 6.08. The first-order chi connectivity index (χ1) is 11.0. The van der Waals surface area contributed by atoms with E-state index >= 15 is 0 Å². The molecule has 0 aliphatic carbocycles. The number of carbonyl (C=O) groups excluding carboxylic acids is 2. The molecule has 0 aliphatic rings. The summed E-state index contributed by atoms with van der Waals surface area (Å²) in [6, 6.07) is 7.33. The van der Waals surface area contributed by atoms with Crippen molar-refractivity contribution in [3.8, 4) is 6.07 Å². The lowest BCUT2D eigenvalue weighted by Gasteiger charge is -2.22. The van der Waals surface area contributed by atoms with Gasteiger partial charge in [-0.3, -0.25) is 9.59 Å². The molecular formula is C16H19ClN2O3S. The summed E-state index contributed by atoms with van der Waals surface area (Å²) in [5.41, 5.74) is 1.56. The molecule has 1 aromatic rings. The summed E-state index contributed by atoms with van der Waals surface area (Å²) in [7, 11) is 0. The Labute approximate surface area is 145 Å². The minimum absolute atomic E-state index is 0.130. The van der Waals surface area contributed by atoms with E-state index < -0.39 is 0 Å². The molecule has 0 fully saturated rings. The topological polar surface area (TPSA) is 70.4 Å². The van der Waals surface area contributed by atoms with E-state index in [9.17, 15) is 9.59 Å². The van der Waals surface area contributed by atoms with Crippen LogP contribution in [0.25, 0.3) is 0 Å². The number of nitriles is 1. The highest BCUT2D eigenvalue weighted by Crippen LogP contribution is 2.23. The van der Waals surface area contributed by atoms with Gasteiger partial charge in [-0.05, 0) is 37.6 Å². The van der Waals surface area contributed by atoms with Crippen LogP contribution < -0.4 is 4.90 Å². The molecule has 7 heteroatoms. The molecule has 1 amide bonds. The monoisotopic (exact) mass is 354 g/mol.